The standard InChI is InChI=1S/C17H20Cl2N2O5/c1-10(15(23)24)21-6-4-17(5-7-21,16(25)26)20-14(22)8-11-2-3-12(18)9-13(11)19/h2-3,9-10H,4-8H2,1H3,(H,20,22)(H,23,24)(H,25,26). The summed E-state index contributed by atoms with van der Waals surface area (Å²) in [5, 5.41) is 22.1. The summed E-state index contributed by atoms with van der Waals surface area (Å²) in [6.45, 7) is 2.08. The van der Waals surface area contributed by atoms with Crippen LogP contribution in [0.15, 0.2) is 18.2 Å². The molecule has 7 nitrogen and oxygen atoms in total. The van der Waals surface area contributed by atoms with Gasteiger partial charge in [-0.1, -0.05) is 29.3 Å². The van der Waals surface area contributed by atoms with Crippen molar-refractivity contribution >= 4 is 41.0 Å². The van der Waals surface area contributed by atoms with E-state index in [0.717, 1.165) is 0 Å². The normalized spacial score (nSPS) is 18.1. The number of likely N-dealkylation sites (tertiary alicyclic amines) is 1. The third-order valence-corrected chi connectivity index (χ3v) is 5.30. The van der Waals surface area contributed by atoms with Gasteiger partial charge in [-0.25, -0.2) is 4.79 Å². The summed E-state index contributed by atoms with van der Waals surface area (Å²) in [6.07, 6.45) is 0.181. The van der Waals surface area contributed by atoms with Crippen LogP contribution in [0, 0.1) is 0 Å². The maximum Gasteiger partial charge on any atom is 0.329 e. The Bertz CT molecular complexity index is 717. The number of amides is 1. The Hall–Kier alpha value is -1.83. The predicted molar refractivity (Wildman–Crippen MR) is 96.6 cm³/mol. The van der Waals surface area contributed by atoms with Crippen LogP contribution in [0.25, 0.3) is 0 Å². The molecule has 1 saturated heterocycles. The maximum absolute atomic E-state index is 12.4. The molecular weight excluding hydrogens is 383 g/mol. The highest BCUT2D eigenvalue weighted by atomic mass is 35.5. The van der Waals surface area contributed by atoms with Gasteiger partial charge in [-0.15, -0.1) is 0 Å². The summed E-state index contributed by atoms with van der Waals surface area (Å²) in [6, 6.07) is 4.04. The quantitative estimate of drug-likeness (QED) is 0.671. The lowest BCUT2D eigenvalue weighted by Crippen LogP contribution is -2.61. The zero-order chi connectivity index (χ0) is 19.5. The Balaban J connectivity index is 2.05. The molecule has 2 rings (SSSR count). The van der Waals surface area contributed by atoms with Crippen molar-refractivity contribution in [1.29, 1.82) is 0 Å². The lowest BCUT2D eigenvalue weighted by Gasteiger charge is -2.40. The van der Waals surface area contributed by atoms with Crippen molar-refractivity contribution in [3.05, 3.63) is 33.8 Å². The Morgan fingerprint density at radius 2 is 1.85 bits per heavy atom. The first-order valence-corrected chi connectivity index (χ1v) is 8.85. The highest BCUT2D eigenvalue weighted by molar-refractivity contribution is 6.35. The number of carbonyl (C=O) groups is 3. The smallest absolute Gasteiger partial charge is 0.329 e. The van der Waals surface area contributed by atoms with Gasteiger partial charge in [-0.2, -0.15) is 0 Å². The van der Waals surface area contributed by atoms with Crippen LogP contribution in [-0.4, -0.2) is 57.6 Å². The molecule has 1 fully saturated rings. The lowest BCUT2D eigenvalue weighted by atomic mass is 9.86. The molecule has 1 aromatic rings. The molecule has 3 N–H and O–H groups in total. The van der Waals surface area contributed by atoms with Crippen molar-refractivity contribution < 1.29 is 24.6 Å². The van der Waals surface area contributed by atoms with Gasteiger partial charge in [-0.05, 0) is 37.5 Å². The fraction of sp³-hybridized carbons (Fsp3) is 0.471. The van der Waals surface area contributed by atoms with Gasteiger partial charge in [0.05, 0.1) is 6.42 Å². The Kier molecular flexibility index (Phi) is 6.49. The van der Waals surface area contributed by atoms with Gasteiger partial charge in [-0.3, -0.25) is 14.5 Å². The van der Waals surface area contributed by atoms with E-state index < -0.39 is 29.4 Å². The first-order chi connectivity index (χ1) is 12.1. The van der Waals surface area contributed by atoms with Crippen molar-refractivity contribution in [1.82, 2.24) is 10.2 Å². The van der Waals surface area contributed by atoms with Crippen LogP contribution in [0.5, 0.6) is 0 Å². The van der Waals surface area contributed by atoms with E-state index in [2.05, 4.69) is 5.32 Å². The minimum atomic E-state index is -1.41. The van der Waals surface area contributed by atoms with Gasteiger partial charge in [0.1, 0.15) is 11.6 Å². The maximum atomic E-state index is 12.4. The predicted octanol–water partition coefficient (Wildman–Crippen LogP) is 2.04. The van der Waals surface area contributed by atoms with E-state index in [4.69, 9.17) is 28.3 Å². The fourth-order valence-corrected chi connectivity index (χ4v) is 3.47. The third kappa shape index (κ3) is 4.66. The first-order valence-electron chi connectivity index (χ1n) is 8.10. The molecule has 0 bridgehead atoms. The molecule has 142 valence electrons. The largest absolute Gasteiger partial charge is 0.480 e. The lowest BCUT2D eigenvalue weighted by molar-refractivity contribution is -0.151. The number of nitrogens with zero attached hydrogens (tertiary/aromatic N) is 1. The van der Waals surface area contributed by atoms with Crippen LogP contribution in [0.4, 0.5) is 0 Å². The SMILES string of the molecule is CC(C(=O)O)N1CCC(NC(=O)Cc2ccc(Cl)cc2Cl)(C(=O)O)CC1. The van der Waals surface area contributed by atoms with Gasteiger partial charge in [0, 0.05) is 23.1 Å². The summed E-state index contributed by atoms with van der Waals surface area (Å²) in [7, 11) is 0. The molecule has 1 atom stereocenters. The third-order valence-electron chi connectivity index (χ3n) is 4.71. The highest BCUT2D eigenvalue weighted by Crippen LogP contribution is 2.26. The number of hydrogen-bond donors (Lipinski definition) is 3. The van der Waals surface area contributed by atoms with Crippen LogP contribution in [-0.2, 0) is 20.8 Å². The monoisotopic (exact) mass is 402 g/mol. The molecule has 0 saturated carbocycles. The van der Waals surface area contributed by atoms with E-state index in [9.17, 15) is 19.5 Å². The number of aliphatic carboxylic acids is 2. The van der Waals surface area contributed by atoms with E-state index in [1.54, 1.807) is 24.0 Å². The topological polar surface area (TPSA) is 107 Å². The zero-order valence-corrected chi connectivity index (χ0v) is 15.7. The Morgan fingerprint density at radius 3 is 2.35 bits per heavy atom. The van der Waals surface area contributed by atoms with Crippen molar-refractivity contribution in [3.8, 4) is 0 Å². The molecule has 1 heterocycles. The number of benzene rings is 1. The van der Waals surface area contributed by atoms with Gasteiger partial charge in [0.25, 0.3) is 0 Å². The second kappa shape index (κ2) is 8.24. The van der Waals surface area contributed by atoms with Gasteiger partial charge in [0.15, 0.2) is 0 Å². The summed E-state index contributed by atoms with van der Waals surface area (Å²) in [5.41, 5.74) is -0.865. The molecule has 1 unspecified atom stereocenters. The van der Waals surface area contributed by atoms with E-state index in [0.29, 0.717) is 15.6 Å². The number of carboxylic acid groups (broad SMARTS) is 2. The zero-order valence-electron chi connectivity index (χ0n) is 14.2. The molecule has 0 aliphatic carbocycles. The number of carboxylic acids is 2. The number of piperidine rings is 1. The number of carbonyl (C=O) groups excluding carboxylic acids is 1. The fourth-order valence-electron chi connectivity index (χ4n) is 2.99. The van der Waals surface area contributed by atoms with E-state index in [1.807, 2.05) is 0 Å². The number of nitrogens with one attached hydrogen (secondary N) is 1. The molecule has 0 spiro atoms. The van der Waals surface area contributed by atoms with Crippen LogP contribution >= 0.6 is 23.2 Å². The molecule has 1 amide bonds. The number of halogens is 2. The number of hydrogen-bond acceptors (Lipinski definition) is 4. The highest BCUT2D eigenvalue weighted by Gasteiger charge is 2.44. The minimum absolute atomic E-state index is 0.0692. The number of rotatable bonds is 6. The van der Waals surface area contributed by atoms with Crippen LogP contribution in [0.1, 0.15) is 25.3 Å². The molecule has 1 aliphatic heterocycles. The average molecular weight is 403 g/mol. The van der Waals surface area contributed by atoms with Crippen LogP contribution in [0.3, 0.4) is 0 Å². The molecular formula is C17H20Cl2N2O5. The van der Waals surface area contributed by atoms with Crippen molar-refractivity contribution in [2.24, 2.45) is 0 Å². The van der Waals surface area contributed by atoms with Crippen molar-refractivity contribution in [2.75, 3.05) is 13.1 Å². The minimum Gasteiger partial charge on any atom is -0.480 e. The van der Waals surface area contributed by atoms with Crippen molar-refractivity contribution in [2.45, 2.75) is 37.8 Å². The first kappa shape index (κ1) is 20.5. The van der Waals surface area contributed by atoms with Gasteiger partial charge in [0.2, 0.25) is 5.91 Å². The molecule has 26 heavy (non-hydrogen) atoms. The molecule has 1 aromatic carbocycles. The van der Waals surface area contributed by atoms with Crippen molar-refractivity contribution in [3.63, 3.8) is 0 Å². The molecule has 9 heteroatoms. The molecule has 1 aliphatic rings. The second-order valence-corrected chi connectivity index (χ2v) is 7.24. The summed E-state index contributed by atoms with van der Waals surface area (Å²) in [4.78, 5) is 36.9. The van der Waals surface area contributed by atoms with E-state index in [-0.39, 0.29) is 32.4 Å². The second-order valence-electron chi connectivity index (χ2n) is 6.40. The molecule has 0 radical (unpaired) electrons. The van der Waals surface area contributed by atoms with Gasteiger partial charge < -0.3 is 15.5 Å². The Morgan fingerprint density at radius 1 is 1.23 bits per heavy atom. The molecule has 0 aromatic heterocycles. The average Bonchev–Trinajstić information content (AvgIpc) is 2.57. The summed E-state index contributed by atoms with van der Waals surface area (Å²) in [5.74, 6) is -2.55. The van der Waals surface area contributed by atoms with E-state index in [1.165, 1.54) is 6.07 Å². The van der Waals surface area contributed by atoms with Gasteiger partial charge >= 0.3 is 11.9 Å². The summed E-state index contributed by atoms with van der Waals surface area (Å²) >= 11 is 11.9. The summed E-state index contributed by atoms with van der Waals surface area (Å²) < 4.78 is 0. The van der Waals surface area contributed by atoms with E-state index >= 15 is 0 Å². The Labute approximate surface area is 160 Å². The van der Waals surface area contributed by atoms with Crippen LogP contribution < -0.4 is 5.32 Å². The van der Waals surface area contributed by atoms with Crippen LogP contribution in [0.2, 0.25) is 10.0 Å².